The third-order valence-electron chi connectivity index (χ3n) is 7.48. The van der Waals surface area contributed by atoms with Gasteiger partial charge in [0.05, 0.1) is 23.7 Å². The number of hydrogen-bond donors (Lipinski definition) is 4. The van der Waals surface area contributed by atoms with E-state index in [4.69, 9.17) is 20.9 Å². The summed E-state index contributed by atoms with van der Waals surface area (Å²) in [5, 5.41) is 19.6. The Balaban J connectivity index is 1.81. The topological polar surface area (TPSA) is 216 Å². The van der Waals surface area contributed by atoms with Crippen LogP contribution in [0.1, 0.15) is 61.0 Å². The minimum absolute atomic E-state index is 0.108. The van der Waals surface area contributed by atoms with Gasteiger partial charge in [-0.25, -0.2) is 9.59 Å². The van der Waals surface area contributed by atoms with Crippen LogP contribution >= 0.6 is 0 Å². The number of aromatic nitrogens is 1. The summed E-state index contributed by atoms with van der Waals surface area (Å²) in [6.45, 7) is 2.56. The maximum atomic E-state index is 13.9. The average molecular weight is 572 g/mol. The Hall–Kier alpha value is -4.62. The fourth-order valence-corrected chi connectivity index (χ4v) is 5.11. The van der Waals surface area contributed by atoms with Crippen molar-refractivity contribution >= 4 is 46.4 Å². The summed E-state index contributed by atoms with van der Waals surface area (Å²) in [5.74, 6) is -5.30. The van der Waals surface area contributed by atoms with E-state index in [1.165, 1.54) is 21.9 Å². The molecule has 1 aliphatic carbocycles. The van der Waals surface area contributed by atoms with E-state index in [0.29, 0.717) is 12.1 Å². The first-order valence-electron chi connectivity index (χ1n) is 13.3. The molecule has 2 aromatic rings. The molecule has 14 heteroatoms. The third kappa shape index (κ3) is 5.95. The third-order valence-corrected chi connectivity index (χ3v) is 7.48. The molecule has 1 aromatic carbocycles. The maximum absolute atomic E-state index is 13.9. The van der Waals surface area contributed by atoms with Crippen LogP contribution in [0.15, 0.2) is 18.2 Å². The first kappa shape index (κ1) is 29.4. The summed E-state index contributed by atoms with van der Waals surface area (Å²) in [6.07, 6.45) is -0.174. The number of anilines is 1. The van der Waals surface area contributed by atoms with Gasteiger partial charge in [-0.3, -0.25) is 19.4 Å². The molecule has 4 rings (SSSR count). The van der Waals surface area contributed by atoms with E-state index in [-0.39, 0.29) is 80.0 Å². The molecule has 1 aromatic heterocycles. The van der Waals surface area contributed by atoms with Gasteiger partial charge in [0.1, 0.15) is 11.3 Å². The van der Waals surface area contributed by atoms with Crippen molar-refractivity contribution in [3.63, 3.8) is 0 Å². The van der Waals surface area contributed by atoms with Gasteiger partial charge in [-0.2, -0.15) is 0 Å². The van der Waals surface area contributed by atoms with Crippen LogP contribution in [0.5, 0.6) is 5.75 Å². The lowest BCUT2D eigenvalue weighted by atomic mass is 9.80. The number of aliphatic carboxylic acids is 2. The number of nitrogens with two attached hydrogens (primary N) is 2. The molecular formula is C27H33N5O9. The van der Waals surface area contributed by atoms with Gasteiger partial charge in [-0.15, -0.1) is 0 Å². The number of ether oxygens (including phenoxy) is 2. The van der Waals surface area contributed by atoms with Crippen LogP contribution in [0.4, 0.5) is 10.5 Å². The van der Waals surface area contributed by atoms with Crippen LogP contribution < -0.4 is 16.2 Å². The highest BCUT2D eigenvalue weighted by Gasteiger charge is 2.48. The van der Waals surface area contributed by atoms with E-state index in [1.807, 2.05) is 0 Å². The average Bonchev–Trinajstić information content (AvgIpc) is 2.90. The number of rotatable bonds is 10. The van der Waals surface area contributed by atoms with Crippen molar-refractivity contribution in [1.29, 1.82) is 0 Å². The van der Waals surface area contributed by atoms with Crippen molar-refractivity contribution in [2.75, 3.05) is 38.5 Å². The number of hydrogen-bond acceptors (Lipinski definition) is 9. The maximum Gasteiger partial charge on any atom is 0.409 e. The number of carboxylic acids is 2. The highest BCUT2D eigenvalue weighted by atomic mass is 16.6. The Kier molecular flexibility index (Phi) is 8.49. The molecule has 0 spiro atoms. The summed E-state index contributed by atoms with van der Waals surface area (Å²) in [6, 6.07) is 4.56. The standard InChI is InChI=1S/C27H33N5O9/c1-2-40-26(39)32-12-10-31(11-13-32)24(36)16(5-7-19(33)34)21-20(23(29)35)22(41-27(25(37)38)8-3-9-27)17-14-15(28)4-6-18(17)30-21/h4,6,14,16H,2-3,5,7-13,28H2,1H3,(H2,29,35)(H,33,34)(H,37,38). The monoisotopic (exact) mass is 571 g/mol. The zero-order chi connectivity index (χ0) is 29.9. The van der Waals surface area contributed by atoms with Crippen molar-refractivity contribution < 1.29 is 43.7 Å². The van der Waals surface area contributed by atoms with Crippen LogP contribution in [0.2, 0.25) is 0 Å². The number of carboxylic acid groups (broad SMARTS) is 2. The molecule has 220 valence electrons. The number of benzene rings is 1. The predicted octanol–water partition coefficient (Wildman–Crippen LogP) is 1.55. The fourth-order valence-electron chi connectivity index (χ4n) is 5.11. The summed E-state index contributed by atoms with van der Waals surface area (Å²) in [5.41, 5.74) is 10.3. The van der Waals surface area contributed by atoms with E-state index in [9.17, 15) is 34.2 Å². The molecule has 6 N–H and O–H groups in total. The Morgan fingerprint density at radius 3 is 2.27 bits per heavy atom. The second-order valence-corrected chi connectivity index (χ2v) is 10.1. The van der Waals surface area contributed by atoms with Crippen LogP contribution in [0, 0.1) is 0 Å². The second-order valence-electron chi connectivity index (χ2n) is 10.1. The smallest absolute Gasteiger partial charge is 0.409 e. The molecular weight excluding hydrogens is 538 g/mol. The molecule has 1 saturated carbocycles. The molecule has 41 heavy (non-hydrogen) atoms. The van der Waals surface area contributed by atoms with E-state index in [1.54, 1.807) is 13.0 Å². The van der Waals surface area contributed by atoms with Crippen molar-refractivity contribution in [3.05, 3.63) is 29.5 Å². The van der Waals surface area contributed by atoms with E-state index in [0.717, 1.165) is 0 Å². The van der Waals surface area contributed by atoms with Gasteiger partial charge in [-0.1, -0.05) is 0 Å². The van der Waals surface area contributed by atoms with Gasteiger partial charge in [-0.05, 0) is 50.8 Å². The molecule has 1 aliphatic heterocycles. The highest BCUT2D eigenvalue weighted by Crippen LogP contribution is 2.43. The van der Waals surface area contributed by atoms with Crippen LogP contribution in [0.25, 0.3) is 10.9 Å². The number of pyridine rings is 1. The molecule has 1 atom stereocenters. The minimum Gasteiger partial charge on any atom is -0.481 e. The molecule has 1 unspecified atom stereocenters. The first-order chi connectivity index (χ1) is 19.5. The summed E-state index contributed by atoms with van der Waals surface area (Å²) in [4.78, 5) is 70.2. The predicted molar refractivity (Wildman–Crippen MR) is 144 cm³/mol. The van der Waals surface area contributed by atoms with Gasteiger partial charge in [0, 0.05) is 43.7 Å². The molecule has 3 amide bonds. The van der Waals surface area contributed by atoms with E-state index >= 15 is 0 Å². The van der Waals surface area contributed by atoms with Crippen molar-refractivity contribution in [1.82, 2.24) is 14.8 Å². The van der Waals surface area contributed by atoms with Gasteiger partial charge in [0.25, 0.3) is 5.91 Å². The summed E-state index contributed by atoms with van der Waals surface area (Å²) >= 11 is 0. The number of carbonyl (C=O) groups is 5. The lowest BCUT2D eigenvalue weighted by molar-refractivity contribution is -0.163. The zero-order valence-electron chi connectivity index (χ0n) is 22.6. The summed E-state index contributed by atoms with van der Waals surface area (Å²) < 4.78 is 11.1. The van der Waals surface area contributed by atoms with Gasteiger partial charge >= 0.3 is 18.0 Å². The number of fused-ring (bicyclic) bond motifs is 1. The molecule has 14 nitrogen and oxygen atoms in total. The van der Waals surface area contributed by atoms with Crippen LogP contribution in [-0.2, 0) is 19.1 Å². The minimum atomic E-state index is -1.61. The number of nitrogens with zero attached hydrogens (tertiary/aromatic N) is 3. The quantitative estimate of drug-likeness (QED) is 0.300. The zero-order valence-corrected chi connectivity index (χ0v) is 22.6. The highest BCUT2D eigenvalue weighted by molar-refractivity contribution is 6.05. The van der Waals surface area contributed by atoms with Gasteiger partial charge in [0.2, 0.25) is 11.5 Å². The summed E-state index contributed by atoms with van der Waals surface area (Å²) in [7, 11) is 0. The van der Waals surface area contributed by atoms with Crippen LogP contribution in [0.3, 0.4) is 0 Å². The Morgan fingerprint density at radius 1 is 1.07 bits per heavy atom. The number of carbonyl (C=O) groups excluding carboxylic acids is 3. The number of nitrogen functional groups attached to an aromatic ring is 1. The lowest BCUT2D eigenvalue weighted by Crippen LogP contribution is -2.52. The number of amides is 3. The van der Waals surface area contributed by atoms with E-state index in [2.05, 4.69) is 4.98 Å². The van der Waals surface area contributed by atoms with Crippen LogP contribution in [-0.4, -0.2) is 93.2 Å². The van der Waals surface area contributed by atoms with Crippen molar-refractivity contribution in [3.8, 4) is 5.75 Å². The fraction of sp³-hybridized carbons (Fsp3) is 0.481. The van der Waals surface area contributed by atoms with E-state index < -0.39 is 47.8 Å². The molecule has 0 radical (unpaired) electrons. The van der Waals surface area contributed by atoms with Crippen molar-refractivity contribution in [2.24, 2.45) is 5.73 Å². The number of primary amides is 1. The molecule has 0 bridgehead atoms. The normalized spacial score (nSPS) is 16.9. The Labute approximate surface area is 235 Å². The molecule has 2 fully saturated rings. The Morgan fingerprint density at radius 2 is 1.73 bits per heavy atom. The first-order valence-corrected chi connectivity index (χ1v) is 13.3. The van der Waals surface area contributed by atoms with Crippen molar-refractivity contribution in [2.45, 2.75) is 50.5 Å². The largest absolute Gasteiger partial charge is 0.481 e. The SMILES string of the molecule is CCOC(=O)N1CCN(C(=O)C(CCC(=O)O)c2nc3ccc(N)cc3c(OC3(C(=O)O)CCC3)c2C(N)=O)CC1. The second kappa shape index (κ2) is 11.9. The molecule has 1 saturated heterocycles. The number of piperazine rings is 1. The molecule has 2 aliphatic rings. The molecule has 2 heterocycles. The lowest BCUT2D eigenvalue weighted by Gasteiger charge is -2.39. The van der Waals surface area contributed by atoms with Gasteiger partial charge in [0.15, 0.2) is 0 Å². The van der Waals surface area contributed by atoms with Gasteiger partial charge < -0.3 is 41.0 Å². The Bertz CT molecular complexity index is 1380.